The van der Waals surface area contributed by atoms with Crippen LogP contribution >= 0.6 is 11.6 Å². The number of hydrogen-bond donors (Lipinski definition) is 1. The van der Waals surface area contributed by atoms with Gasteiger partial charge < -0.3 is 0 Å². The number of hydrogen-bond acceptors (Lipinski definition) is 2. The van der Waals surface area contributed by atoms with E-state index >= 15 is 0 Å². The summed E-state index contributed by atoms with van der Waals surface area (Å²) in [5.74, 6) is 2.40. The Morgan fingerprint density at radius 1 is 1.54 bits per heavy atom. The Bertz CT molecular complexity index is 284. The van der Waals surface area contributed by atoms with Crippen molar-refractivity contribution in [2.24, 2.45) is 5.92 Å². The summed E-state index contributed by atoms with van der Waals surface area (Å²) in [6.07, 6.45) is 5.06. The van der Waals surface area contributed by atoms with Crippen molar-refractivity contribution >= 4 is 11.6 Å². The molecule has 13 heavy (non-hydrogen) atoms. The fraction of sp³-hybridized carbons (Fsp3) is 0.778. The lowest BCUT2D eigenvalue weighted by Crippen LogP contribution is -1.97. The van der Waals surface area contributed by atoms with Gasteiger partial charge in [0.15, 0.2) is 0 Å². The first-order chi connectivity index (χ1) is 6.29. The average molecular weight is 200 g/mol. The fourth-order valence-electron chi connectivity index (χ4n) is 2.13. The van der Waals surface area contributed by atoms with Gasteiger partial charge in [-0.1, -0.05) is 13.3 Å². The minimum absolute atomic E-state index is 0.343. The van der Waals surface area contributed by atoms with E-state index in [2.05, 4.69) is 22.1 Å². The lowest BCUT2D eigenvalue weighted by molar-refractivity contribution is 0.517. The predicted molar refractivity (Wildman–Crippen MR) is 51.8 cm³/mol. The molecule has 0 saturated heterocycles. The number of halogens is 1. The van der Waals surface area contributed by atoms with E-state index in [4.69, 9.17) is 11.6 Å². The van der Waals surface area contributed by atoms with Crippen molar-refractivity contribution < 1.29 is 0 Å². The summed E-state index contributed by atoms with van der Waals surface area (Å²) in [5, 5.41) is 7.08. The molecule has 1 N–H and O–H groups in total. The van der Waals surface area contributed by atoms with Crippen molar-refractivity contribution in [3.63, 3.8) is 0 Å². The van der Waals surface area contributed by atoms with Crippen LogP contribution in [0.5, 0.6) is 0 Å². The third kappa shape index (κ3) is 1.85. The summed E-state index contributed by atoms with van der Waals surface area (Å²) in [6.45, 7) is 2.25. The molecular formula is C9H14ClN3. The molecule has 0 bridgehead atoms. The molecule has 3 nitrogen and oxygen atoms in total. The monoisotopic (exact) mass is 199 g/mol. The first kappa shape index (κ1) is 9.00. The Morgan fingerprint density at radius 3 is 2.92 bits per heavy atom. The van der Waals surface area contributed by atoms with Crippen molar-refractivity contribution in [3.8, 4) is 0 Å². The maximum atomic E-state index is 5.66. The minimum atomic E-state index is 0.343. The van der Waals surface area contributed by atoms with Crippen LogP contribution in [0.25, 0.3) is 0 Å². The van der Waals surface area contributed by atoms with E-state index in [0.29, 0.717) is 11.2 Å². The van der Waals surface area contributed by atoms with E-state index in [-0.39, 0.29) is 0 Å². The smallest absolute Gasteiger partial charge is 0.242 e. The highest BCUT2D eigenvalue weighted by molar-refractivity contribution is 6.28. The van der Waals surface area contributed by atoms with Crippen LogP contribution in [-0.4, -0.2) is 15.2 Å². The summed E-state index contributed by atoms with van der Waals surface area (Å²) in [7, 11) is 0. The maximum Gasteiger partial charge on any atom is 0.242 e. The van der Waals surface area contributed by atoms with Gasteiger partial charge in [-0.05, 0) is 36.8 Å². The number of rotatable bonds is 2. The van der Waals surface area contributed by atoms with Gasteiger partial charge >= 0.3 is 0 Å². The van der Waals surface area contributed by atoms with Gasteiger partial charge in [0.05, 0.1) is 0 Å². The van der Waals surface area contributed by atoms with E-state index in [1.54, 1.807) is 0 Å². The zero-order valence-corrected chi connectivity index (χ0v) is 8.51. The molecule has 1 fully saturated rings. The molecule has 0 spiro atoms. The molecule has 1 heterocycles. The van der Waals surface area contributed by atoms with Crippen LogP contribution in [0, 0.1) is 5.92 Å². The van der Waals surface area contributed by atoms with Crippen LogP contribution in [0.4, 0.5) is 0 Å². The largest absolute Gasteiger partial charge is 0.262 e. The second kappa shape index (κ2) is 3.66. The summed E-state index contributed by atoms with van der Waals surface area (Å²) in [4.78, 5) is 4.16. The second-order valence-corrected chi connectivity index (χ2v) is 4.11. The molecule has 72 valence electrons. The van der Waals surface area contributed by atoms with E-state index in [9.17, 15) is 0 Å². The number of aromatic nitrogens is 3. The minimum Gasteiger partial charge on any atom is -0.262 e. The van der Waals surface area contributed by atoms with Gasteiger partial charge in [0.2, 0.25) is 5.28 Å². The molecule has 2 atom stereocenters. The molecule has 1 aromatic rings. The van der Waals surface area contributed by atoms with Crippen LogP contribution in [0.1, 0.15) is 44.3 Å². The topological polar surface area (TPSA) is 41.6 Å². The Morgan fingerprint density at radius 2 is 2.38 bits per heavy atom. The molecule has 0 amide bonds. The Hall–Kier alpha value is -0.570. The zero-order chi connectivity index (χ0) is 9.26. The molecule has 2 unspecified atom stereocenters. The normalized spacial score (nSPS) is 28.2. The Balaban J connectivity index is 2.03. The summed E-state index contributed by atoms with van der Waals surface area (Å²) in [6, 6.07) is 0. The lowest BCUT2D eigenvalue weighted by atomic mass is 10.0. The van der Waals surface area contributed by atoms with Gasteiger partial charge in [-0.2, -0.15) is 0 Å². The van der Waals surface area contributed by atoms with Crippen molar-refractivity contribution in [1.82, 2.24) is 15.2 Å². The fourth-order valence-corrected chi connectivity index (χ4v) is 2.26. The van der Waals surface area contributed by atoms with Crippen molar-refractivity contribution in [2.75, 3.05) is 0 Å². The Kier molecular flexibility index (Phi) is 2.54. The number of H-pyrrole nitrogens is 1. The van der Waals surface area contributed by atoms with Crippen molar-refractivity contribution in [1.29, 1.82) is 0 Å². The molecule has 1 aliphatic rings. The lowest BCUT2D eigenvalue weighted by Gasteiger charge is -2.05. The van der Waals surface area contributed by atoms with Gasteiger partial charge in [0.25, 0.3) is 0 Å². The third-order valence-corrected chi connectivity index (χ3v) is 3.15. The van der Waals surface area contributed by atoms with Crippen LogP contribution in [-0.2, 0) is 0 Å². The number of aromatic amines is 1. The Labute approximate surface area is 82.9 Å². The second-order valence-electron chi connectivity index (χ2n) is 3.77. The third-order valence-electron chi connectivity index (χ3n) is 2.98. The number of nitrogens with zero attached hydrogens (tertiary/aromatic N) is 2. The summed E-state index contributed by atoms with van der Waals surface area (Å²) in [5.41, 5.74) is 0. The molecule has 0 aliphatic heterocycles. The first-order valence-corrected chi connectivity index (χ1v) is 5.25. The van der Waals surface area contributed by atoms with Gasteiger partial charge in [0, 0.05) is 5.92 Å². The van der Waals surface area contributed by atoms with Crippen LogP contribution in [0.2, 0.25) is 5.28 Å². The van der Waals surface area contributed by atoms with Gasteiger partial charge in [-0.25, -0.2) is 4.98 Å². The molecule has 0 aromatic carbocycles. The molecule has 2 rings (SSSR count). The van der Waals surface area contributed by atoms with Crippen molar-refractivity contribution in [3.05, 3.63) is 11.1 Å². The quantitative estimate of drug-likeness (QED) is 0.796. The highest BCUT2D eigenvalue weighted by Crippen LogP contribution is 2.38. The SMILES string of the molecule is CCC1CCC(c2nc(Cl)n[nH]2)C1. The summed E-state index contributed by atoms with van der Waals surface area (Å²) >= 11 is 5.66. The van der Waals surface area contributed by atoms with Gasteiger partial charge in [-0.15, -0.1) is 5.10 Å². The van der Waals surface area contributed by atoms with Gasteiger partial charge in [-0.3, -0.25) is 5.10 Å². The van der Waals surface area contributed by atoms with Crippen LogP contribution < -0.4 is 0 Å². The zero-order valence-electron chi connectivity index (χ0n) is 7.76. The van der Waals surface area contributed by atoms with E-state index < -0.39 is 0 Å². The summed E-state index contributed by atoms with van der Waals surface area (Å²) < 4.78 is 0. The van der Waals surface area contributed by atoms with Gasteiger partial charge in [0.1, 0.15) is 5.82 Å². The maximum absolute atomic E-state index is 5.66. The molecule has 1 aromatic heterocycles. The number of nitrogens with one attached hydrogen (secondary N) is 1. The van der Waals surface area contributed by atoms with Crippen molar-refractivity contribution in [2.45, 2.75) is 38.5 Å². The highest BCUT2D eigenvalue weighted by atomic mass is 35.5. The molecule has 0 radical (unpaired) electrons. The van der Waals surface area contributed by atoms with Crippen LogP contribution in [0.15, 0.2) is 0 Å². The van der Waals surface area contributed by atoms with E-state index in [0.717, 1.165) is 11.7 Å². The average Bonchev–Trinajstić information content (AvgIpc) is 2.71. The van der Waals surface area contributed by atoms with E-state index in [1.165, 1.54) is 25.7 Å². The standard InChI is InChI=1S/C9H14ClN3/c1-2-6-3-4-7(5-6)8-11-9(10)13-12-8/h6-7H,2-5H2,1H3,(H,11,12,13). The van der Waals surface area contributed by atoms with Crippen LogP contribution in [0.3, 0.4) is 0 Å². The molecule has 1 saturated carbocycles. The predicted octanol–water partition coefficient (Wildman–Crippen LogP) is 2.75. The highest BCUT2D eigenvalue weighted by Gasteiger charge is 2.26. The molecule has 4 heteroatoms. The molecular weight excluding hydrogens is 186 g/mol. The first-order valence-electron chi connectivity index (χ1n) is 4.87. The van der Waals surface area contributed by atoms with E-state index in [1.807, 2.05) is 0 Å². The molecule has 1 aliphatic carbocycles.